The Morgan fingerprint density at radius 2 is 1.75 bits per heavy atom. The van der Waals surface area contributed by atoms with E-state index in [0.717, 1.165) is 26.9 Å². The Morgan fingerprint density at radius 1 is 1.15 bits per heavy atom. The third-order valence-corrected chi connectivity index (χ3v) is 3.83. The van der Waals surface area contributed by atoms with Gasteiger partial charge in [-0.2, -0.15) is 0 Å². The summed E-state index contributed by atoms with van der Waals surface area (Å²) in [6.07, 6.45) is 0. The molecule has 2 rings (SSSR count). The van der Waals surface area contributed by atoms with Crippen LogP contribution >= 0.6 is 15.9 Å². The molecule has 0 saturated carbocycles. The summed E-state index contributed by atoms with van der Waals surface area (Å²) in [5.74, 6) is 0.544. The number of aryl methyl sites for hydroxylation is 2. The van der Waals surface area contributed by atoms with E-state index in [2.05, 4.69) is 15.9 Å². The van der Waals surface area contributed by atoms with Gasteiger partial charge in [0, 0.05) is 10.0 Å². The highest BCUT2D eigenvalue weighted by molar-refractivity contribution is 9.10. The molecule has 0 radical (unpaired) electrons. The molecule has 106 valence electrons. The number of ether oxygens (including phenoxy) is 1. The van der Waals surface area contributed by atoms with Crippen molar-refractivity contribution in [1.82, 2.24) is 0 Å². The first kappa shape index (κ1) is 15.0. The van der Waals surface area contributed by atoms with Crippen molar-refractivity contribution in [2.24, 2.45) is 5.73 Å². The SMILES string of the molecule is COc1c(C)cc(C(N)c2cc(Br)ccc2F)cc1C. The maximum atomic E-state index is 13.9. The highest BCUT2D eigenvalue weighted by Gasteiger charge is 2.16. The number of hydrogen-bond donors (Lipinski definition) is 1. The molecule has 20 heavy (non-hydrogen) atoms. The molecule has 2 nitrogen and oxygen atoms in total. The summed E-state index contributed by atoms with van der Waals surface area (Å²) in [7, 11) is 1.64. The first-order valence-corrected chi connectivity index (χ1v) is 7.09. The lowest BCUT2D eigenvalue weighted by Crippen LogP contribution is -2.14. The second kappa shape index (κ2) is 5.94. The lowest BCUT2D eigenvalue weighted by molar-refractivity contribution is 0.408. The van der Waals surface area contributed by atoms with Crippen LogP contribution in [0.25, 0.3) is 0 Å². The van der Waals surface area contributed by atoms with Crippen molar-refractivity contribution in [2.75, 3.05) is 7.11 Å². The second-order valence-corrected chi connectivity index (χ2v) is 5.75. The molecule has 2 aromatic carbocycles. The zero-order valence-corrected chi connectivity index (χ0v) is 13.3. The van der Waals surface area contributed by atoms with Crippen molar-refractivity contribution in [3.8, 4) is 5.75 Å². The van der Waals surface area contributed by atoms with Crippen molar-refractivity contribution < 1.29 is 9.13 Å². The molecule has 0 heterocycles. The fourth-order valence-electron chi connectivity index (χ4n) is 2.42. The number of rotatable bonds is 3. The van der Waals surface area contributed by atoms with E-state index < -0.39 is 6.04 Å². The van der Waals surface area contributed by atoms with Crippen LogP contribution in [0.3, 0.4) is 0 Å². The Morgan fingerprint density at radius 3 is 2.30 bits per heavy atom. The lowest BCUT2D eigenvalue weighted by atomic mass is 9.95. The van der Waals surface area contributed by atoms with E-state index in [4.69, 9.17) is 10.5 Å². The van der Waals surface area contributed by atoms with Gasteiger partial charge < -0.3 is 10.5 Å². The van der Waals surface area contributed by atoms with Crippen LogP contribution in [0.15, 0.2) is 34.8 Å². The van der Waals surface area contributed by atoms with E-state index in [1.54, 1.807) is 19.2 Å². The molecule has 0 aliphatic heterocycles. The third-order valence-electron chi connectivity index (χ3n) is 3.34. The minimum absolute atomic E-state index is 0.299. The molecule has 0 amide bonds. The quantitative estimate of drug-likeness (QED) is 0.907. The largest absolute Gasteiger partial charge is 0.496 e. The first-order chi connectivity index (χ1) is 9.43. The van der Waals surface area contributed by atoms with Gasteiger partial charge in [0.15, 0.2) is 0 Å². The van der Waals surface area contributed by atoms with Crippen molar-refractivity contribution in [2.45, 2.75) is 19.9 Å². The molecule has 0 saturated heterocycles. The van der Waals surface area contributed by atoms with Gasteiger partial charge in [-0.05, 0) is 48.7 Å². The van der Waals surface area contributed by atoms with Gasteiger partial charge in [-0.3, -0.25) is 0 Å². The van der Waals surface area contributed by atoms with Crippen LogP contribution in [0.4, 0.5) is 4.39 Å². The van der Waals surface area contributed by atoms with Crippen molar-refractivity contribution in [1.29, 1.82) is 0 Å². The number of benzene rings is 2. The molecule has 0 aliphatic carbocycles. The van der Waals surface area contributed by atoms with Crippen LogP contribution in [-0.2, 0) is 0 Å². The van der Waals surface area contributed by atoms with Crippen LogP contribution in [0.2, 0.25) is 0 Å². The Kier molecular flexibility index (Phi) is 4.45. The van der Waals surface area contributed by atoms with Gasteiger partial charge in [-0.1, -0.05) is 28.1 Å². The first-order valence-electron chi connectivity index (χ1n) is 6.29. The van der Waals surface area contributed by atoms with E-state index in [1.807, 2.05) is 26.0 Å². The molecule has 0 spiro atoms. The standard InChI is InChI=1S/C16H17BrFNO/c1-9-6-11(7-10(2)16(9)20-3)15(19)13-8-12(17)4-5-14(13)18/h4-8,15H,19H2,1-3H3. The minimum Gasteiger partial charge on any atom is -0.496 e. The third kappa shape index (κ3) is 2.86. The van der Waals surface area contributed by atoms with Crippen LogP contribution in [-0.4, -0.2) is 7.11 Å². The smallest absolute Gasteiger partial charge is 0.128 e. The van der Waals surface area contributed by atoms with Crippen LogP contribution < -0.4 is 10.5 Å². The fraction of sp³-hybridized carbons (Fsp3) is 0.250. The summed E-state index contributed by atoms with van der Waals surface area (Å²) in [5, 5.41) is 0. The van der Waals surface area contributed by atoms with Gasteiger partial charge in [-0.25, -0.2) is 4.39 Å². The van der Waals surface area contributed by atoms with Gasteiger partial charge >= 0.3 is 0 Å². The average molecular weight is 338 g/mol. The summed E-state index contributed by atoms with van der Waals surface area (Å²) < 4.78 is 20.1. The molecule has 1 unspecified atom stereocenters. The summed E-state index contributed by atoms with van der Waals surface area (Å²) in [6.45, 7) is 3.92. The molecular formula is C16H17BrFNO. The van der Waals surface area contributed by atoms with Crippen LogP contribution in [0.5, 0.6) is 5.75 Å². The predicted molar refractivity (Wildman–Crippen MR) is 82.6 cm³/mol. The number of methoxy groups -OCH3 is 1. The Hall–Kier alpha value is -1.39. The number of halogens is 2. The van der Waals surface area contributed by atoms with E-state index in [0.29, 0.717) is 5.56 Å². The normalized spacial score (nSPS) is 12.3. The molecular weight excluding hydrogens is 321 g/mol. The van der Waals surface area contributed by atoms with Gasteiger partial charge in [0.1, 0.15) is 11.6 Å². The summed E-state index contributed by atoms with van der Waals surface area (Å²) in [6, 6.07) is 8.18. The van der Waals surface area contributed by atoms with Crippen molar-refractivity contribution in [3.63, 3.8) is 0 Å². The average Bonchev–Trinajstić information content (AvgIpc) is 2.40. The minimum atomic E-state index is -0.504. The molecule has 1 atom stereocenters. The molecule has 2 aromatic rings. The molecule has 0 bridgehead atoms. The van der Waals surface area contributed by atoms with Crippen LogP contribution in [0, 0.1) is 19.7 Å². The fourth-order valence-corrected chi connectivity index (χ4v) is 2.80. The van der Waals surface area contributed by atoms with Crippen LogP contribution in [0.1, 0.15) is 28.3 Å². The highest BCUT2D eigenvalue weighted by Crippen LogP contribution is 2.30. The molecule has 2 N–H and O–H groups in total. The van der Waals surface area contributed by atoms with Crippen molar-refractivity contribution >= 4 is 15.9 Å². The second-order valence-electron chi connectivity index (χ2n) is 4.83. The van der Waals surface area contributed by atoms with Crippen molar-refractivity contribution in [3.05, 3.63) is 62.9 Å². The maximum absolute atomic E-state index is 13.9. The van der Waals surface area contributed by atoms with E-state index >= 15 is 0 Å². The number of nitrogens with two attached hydrogens (primary N) is 1. The van der Waals surface area contributed by atoms with Gasteiger partial charge in [0.2, 0.25) is 0 Å². The zero-order chi connectivity index (χ0) is 14.9. The molecule has 0 aliphatic rings. The summed E-state index contributed by atoms with van der Waals surface area (Å²) in [4.78, 5) is 0. The Labute approximate surface area is 126 Å². The lowest BCUT2D eigenvalue weighted by Gasteiger charge is -2.17. The maximum Gasteiger partial charge on any atom is 0.128 e. The predicted octanol–water partition coefficient (Wildman–Crippen LogP) is 4.26. The summed E-state index contributed by atoms with van der Waals surface area (Å²) >= 11 is 3.35. The zero-order valence-electron chi connectivity index (χ0n) is 11.7. The highest BCUT2D eigenvalue weighted by atomic mass is 79.9. The number of hydrogen-bond acceptors (Lipinski definition) is 2. The van der Waals surface area contributed by atoms with Gasteiger partial charge in [0.25, 0.3) is 0 Å². The van der Waals surface area contributed by atoms with E-state index in [1.165, 1.54) is 6.07 Å². The molecule has 4 heteroatoms. The Bertz CT molecular complexity index is 619. The Balaban J connectivity index is 2.48. The summed E-state index contributed by atoms with van der Waals surface area (Å²) in [5.41, 5.74) is 9.55. The molecule has 0 fully saturated rings. The monoisotopic (exact) mass is 337 g/mol. The van der Waals surface area contributed by atoms with E-state index in [9.17, 15) is 4.39 Å². The topological polar surface area (TPSA) is 35.2 Å². The van der Waals surface area contributed by atoms with E-state index in [-0.39, 0.29) is 5.82 Å². The molecule has 0 aromatic heterocycles. The van der Waals surface area contributed by atoms with Gasteiger partial charge in [0.05, 0.1) is 13.2 Å². The van der Waals surface area contributed by atoms with Gasteiger partial charge in [-0.15, -0.1) is 0 Å².